The van der Waals surface area contributed by atoms with E-state index in [4.69, 9.17) is 9.47 Å². The van der Waals surface area contributed by atoms with Crippen LogP contribution in [0.25, 0.3) is 16.2 Å². The Kier molecular flexibility index (Phi) is 5.50. The number of imidazole rings is 1. The molecule has 4 rings (SSSR count). The third-order valence-electron chi connectivity index (χ3n) is 4.61. The Balaban J connectivity index is 1.69. The van der Waals surface area contributed by atoms with Crippen LogP contribution in [0.2, 0.25) is 0 Å². The van der Waals surface area contributed by atoms with Gasteiger partial charge in [-0.25, -0.2) is 14.6 Å². The van der Waals surface area contributed by atoms with Crippen molar-refractivity contribution < 1.29 is 23.9 Å². The minimum atomic E-state index is -0.642. The number of carbonyl (C=O) groups is 3. The summed E-state index contributed by atoms with van der Waals surface area (Å²) in [6.07, 6.45) is 1.78. The van der Waals surface area contributed by atoms with Gasteiger partial charge in [-0.2, -0.15) is 0 Å². The van der Waals surface area contributed by atoms with Crippen LogP contribution in [0.15, 0.2) is 60.1 Å². The number of hydrogen-bond acceptors (Lipinski definition) is 7. The maximum absolute atomic E-state index is 13.0. The molecule has 0 spiro atoms. The summed E-state index contributed by atoms with van der Waals surface area (Å²) in [5.74, 6) is -1.70. The van der Waals surface area contributed by atoms with Crippen LogP contribution in [0.1, 0.15) is 31.2 Å². The predicted molar refractivity (Wildman–Crippen MR) is 116 cm³/mol. The standard InChI is InChI=1S/C22H17N3O5S/c1-29-20(27)14-8-9-15(21(28)30-2)16(10-14)23-19(26)18-12-31-22-24-17(11-25(18)22)13-6-4-3-5-7-13/h3-12H,1-2H3,(H,23,26). The number of rotatable bonds is 5. The third kappa shape index (κ3) is 3.90. The second-order valence-corrected chi connectivity index (χ2v) is 7.30. The Morgan fingerprint density at radius 2 is 1.74 bits per heavy atom. The van der Waals surface area contributed by atoms with Crippen molar-refractivity contribution in [1.82, 2.24) is 9.38 Å². The van der Waals surface area contributed by atoms with Crippen molar-refractivity contribution in [2.45, 2.75) is 0 Å². The van der Waals surface area contributed by atoms with Crippen LogP contribution in [-0.4, -0.2) is 41.5 Å². The van der Waals surface area contributed by atoms with Crippen molar-refractivity contribution in [2.75, 3.05) is 19.5 Å². The van der Waals surface area contributed by atoms with Crippen molar-refractivity contribution in [2.24, 2.45) is 0 Å². The van der Waals surface area contributed by atoms with Crippen LogP contribution < -0.4 is 5.32 Å². The molecule has 8 nitrogen and oxygen atoms in total. The summed E-state index contributed by atoms with van der Waals surface area (Å²) in [6.45, 7) is 0. The minimum Gasteiger partial charge on any atom is -0.465 e. The highest BCUT2D eigenvalue weighted by Gasteiger charge is 2.20. The Labute approximate surface area is 181 Å². The summed E-state index contributed by atoms with van der Waals surface area (Å²) in [5, 5.41) is 4.37. The summed E-state index contributed by atoms with van der Waals surface area (Å²) in [4.78, 5) is 42.3. The van der Waals surface area contributed by atoms with Crippen LogP contribution >= 0.6 is 11.3 Å². The molecule has 2 heterocycles. The number of nitrogens with zero attached hydrogens (tertiary/aromatic N) is 2. The van der Waals surface area contributed by atoms with Gasteiger partial charge in [0.2, 0.25) is 0 Å². The second kappa shape index (κ2) is 8.41. The Bertz CT molecular complexity index is 1290. The lowest BCUT2D eigenvalue weighted by atomic mass is 10.1. The number of esters is 2. The Morgan fingerprint density at radius 1 is 1.00 bits per heavy atom. The monoisotopic (exact) mass is 435 g/mol. The Morgan fingerprint density at radius 3 is 2.45 bits per heavy atom. The van der Waals surface area contributed by atoms with Gasteiger partial charge < -0.3 is 14.8 Å². The number of amides is 1. The number of ether oxygens (including phenoxy) is 2. The molecule has 2 aromatic heterocycles. The molecule has 0 radical (unpaired) electrons. The van der Waals surface area contributed by atoms with E-state index in [9.17, 15) is 14.4 Å². The molecule has 0 bridgehead atoms. The van der Waals surface area contributed by atoms with E-state index in [-0.39, 0.29) is 16.8 Å². The summed E-state index contributed by atoms with van der Waals surface area (Å²) in [7, 11) is 2.49. The summed E-state index contributed by atoms with van der Waals surface area (Å²) in [6, 6.07) is 13.8. The average molecular weight is 435 g/mol. The van der Waals surface area contributed by atoms with E-state index in [2.05, 4.69) is 10.3 Å². The number of aromatic nitrogens is 2. The van der Waals surface area contributed by atoms with Crippen molar-refractivity contribution in [1.29, 1.82) is 0 Å². The van der Waals surface area contributed by atoms with E-state index in [1.165, 1.54) is 43.8 Å². The van der Waals surface area contributed by atoms with Crippen molar-refractivity contribution in [3.8, 4) is 11.3 Å². The molecule has 0 aliphatic heterocycles. The molecular formula is C22H17N3O5S. The molecule has 31 heavy (non-hydrogen) atoms. The van der Waals surface area contributed by atoms with Crippen LogP contribution in [0.5, 0.6) is 0 Å². The lowest BCUT2D eigenvalue weighted by Gasteiger charge is -2.11. The molecule has 9 heteroatoms. The smallest absolute Gasteiger partial charge is 0.339 e. The first-order chi connectivity index (χ1) is 15.0. The van der Waals surface area contributed by atoms with E-state index in [1.54, 1.807) is 16.0 Å². The Hall–Kier alpha value is -3.98. The number of anilines is 1. The van der Waals surface area contributed by atoms with Gasteiger partial charge in [-0.15, -0.1) is 11.3 Å². The summed E-state index contributed by atoms with van der Waals surface area (Å²) in [5.41, 5.74) is 2.46. The molecule has 0 aliphatic rings. The van der Waals surface area contributed by atoms with Gasteiger partial charge in [0.1, 0.15) is 5.69 Å². The van der Waals surface area contributed by atoms with E-state index in [0.29, 0.717) is 10.7 Å². The molecule has 1 N–H and O–H groups in total. The predicted octanol–water partition coefficient (Wildman–Crippen LogP) is 3.89. The number of methoxy groups -OCH3 is 2. The maximum atomic E-state index is 13.0. The average Bonchev–Trinajstić information content (AvgIpc) is 3.39. The zero-order chi connectivity index (χ0) is 22.0. The van der Waals surface area contributed by atoms with Crippen LogP contribution in [-0.2, 0) is 9.47 Å². The highest BCUT2D eigenvalue weighted by molar-refractivity contribution is 7.15. The molecule has 4 aromatic rings. The molecule has 0 saturated heterocycles. The lowest BCUT2D eigenvalue weighted by Crippen LogP contribution is -2.17. The second-order valence-electron chi connectivity index (χ2n) is 6.46. The quantitative estimate of drug-likeness (QED) is 0.478. The van der Waals surface area contributed by atoms with Crippen molar-refractivity contribution >= 4 is 39.8 Å². The summed E-state index contributed by atoms with van der Waals surface area (Å²) >= 11 is 1.32. The molecule has 2 aromatic carbocycles. The first-order valence-corrected chi connectivity index (χ1v) is 10.0. The fourth-order valence-electron chi connectivity index (χ4n) is 3.06. The molecule has 0 unspecified atom stereocenters. The third-order valence-corrected chi connectivity index (χ3v) is 5.45. The van der Waals surface area contributed by atoms with Gasteiger partial charge >= 0.3 is 11.9 Å². The first kappa shape index (κ1) is 20.3. The molecular weight excluding hydrogens is 418 g/mol. The normalized spacial score (nSPS) is 10.6. The van der Waals surface area contributed by atoms with E-state index in [1.807, 2.05) is 30.3 Å². The van der Waals surface area contributed by atoms with Gasteiger partial charge in [-0.3, -0.25) is 9.20 Å². The number of thiazole rings is 1. The topological polar surface area (TPSA) is 99.0 Å². The molecule has 1 amide bonds. The maximum Gasteiger partial charge on any atom is 0.339 e. The number of carbonyl (C=O) groups excluding carboxylic acids is 3. The summed E-state index contributed by atoms with van der Waals surface area (Å²) < 4.78 is 11.2. The highest BCUT2D eigenvalue weighted by atomic mass is 32.1. The lowest BCUT2D eigenvalue weighted by molar-refractivity contribution is 0.0587. The van der Waals surface area contributed by atoms with Crippen LogP contribution in [0.4, 0.5) is 5.69 Å². The fourth-order valence-corrected chi connectivity index (χ4v) is 3.92. The molecule has 0 fully saturated rings. The number of fused-ring (bicyclic) bond motifs is 1. The van der Waals surface area contributed by atoms with E-state index >= 15 is 0 Å². The highest BCUT2D eigenvalue weighted by Crippen LogP contribution is 2.25. The molecule has 0 aliphatic carbocycles. The van der Waals surface area contributed by atoms with Crippen molar-refractivity contribution in [3.63, 3.8) is 0 Å². The number of benzene rings is 2. The molecule has 156 valence electrons. The van der Waals surface area contributed by atoms with Gasteiger partial charge in [0.25, 0.3) is 5.91 Å². The SMILES string of the molecule is COC(=O)c1ccc(C(=O)OC)c(NC(=O)c2csc3nc(-c4ccccc4)cn23)c1. The number of nitrogens with one attached hydrogen (secondary N) is 1. The minimum absolute atomic E-state index is 0.116. The molecule has 0 saturated carbocycles. The van der Waals surface area contributed by atoms with Gasteiger partial charge in [0.05, 0.1) is 36.7 Å². The zero-order valence-corrected chi connectivity index (χ0v) is 17.4. The number of hydrogen-bond donors (Lipinski definition) is 1. The van der Waals surface area contributed by atoms with Gasteiger partial charge in [-0.05, 0) is 18.2 Å². The van der Waals surface area contributed by atoms with Crippen molar-refractivity contribution in [3.05, 3.63) is 76.9 Å². The van der Waals surface area contributed by atoms with Crippen LogP contribution in [0.3, 0.4) is 0 Å². The fraction of sp³-hybridized carbons (Fsp3) is 0.0909. The van der Waals surface area contributed by atoms with E-state index in [0.717, 1.165) is 11.3 Å². The largest absolute Gasteiger partial charge is 0.465 e. The first-order valence-electron chi connectivity index (χ1n) is 9.16. The van der Waals surface area contributed by atoms with Crippen LogP contribution in [0, 0.1) is 0 Å². The van der Waals surface area contributed by atoms with Gasteiger partial charge in [-0.1, -0.05) is 30.3 Å². The van der Waals surface area contributed by atoms with Gasteiger partial charge in [0.15, 0.2) is 4.96 Å². The van der Waals surface area contributed by atoms with E-state index < -0.39 is 17.8 Å². The zero-order valence-electron chi connectivity index (χ0n) is 16.6. The molecule has 0 atom stereocenters. The van der Waals surface area contributed by atoms with Gasteiger partial charge in [0, 0.05) is 17.1 Å².